The zero-order valence-corrected chi connectivity index (χ0v) is 7.86. The van der Waals surface area contributed by atoms with Gasteiger partial charge in [0, 0.05) is 17.8 Å². The van der Waals surface area contributed by atoms with Crippen LogP contribution in [0.2, 0.25) is 0 Å². The van der Waals surface area contributed by atoms with Crippen LogP contribution in [0.25, 0.3) is 0 Å². The number of nitrogens with one attached hydrogen (secondary N) is 1. The minimum absolute atomic E-state index is 0.332. The van der Waals surface area contributed by atoms with Crippen LogP contribution in [-0.4, -0.2) is 20.6 Å². The van der Waals surface area contributed by atoms with Crippen LogP contribution in [0.15, 0.2) is 11.0 Å². The Bertz CT molecular complexity index is 414. The molecule has 1 saturated carbocycles. The van der Waals surface area contributed by atoms with Gasteiger partial charge in [0.05, 0.1) is 0 Å². The first-order chi connectivity index (χ1) is 6.59. The largest absolute Gasteiger partial charge is 0.480 e. The van der Waals surface area contributed by atoms with Crippen molar-refractivity contribution in [3.63, 3.8) is 0 Å². The number of carboxylic acid groups (broad SMARTS) is 1. The van der Waals surface area contributed by atoms with E-state index >= 15 is 0 Å². The van der Waals surface area contributed by atoms with Crippen LogP contribution >= 0.6 is 0 Å². The van der Waals surface area contributed by atoms with Crippen LogP contribution in [-0.2, 0) is 4.79 Å². The summed E-state index contributed by atoms with van der Waals surface area (Å²) < 4.78 is 1.23. The average molecular weight is 196 g/mol. The Balaban J connectivity index is 2.33. The van der Waals surface area contributed by atoms with Gasteiger partial charge in [0.25, 0.3) is 0 Å². The summed E-state index contributed by atoms with van der Waals surface area (Å²) in [5.41, 5.74) is 0.532. The Morgan fingerprint density at radius 3 is 2.86 bits per heavy atom. The number of carboxylic acids is 1. The Morgan fingerprint density at radius 2 is 2.36 bits per heavy atom. The Labute approximate surface area is 80.4 Å². The number of aliphatic carboxylic acids is 1. The summed E-state index contributed by atoms with van der Waals surface area (Å²) in [6, 6.07) is -0.800. The molecule has 0 radical (unpaired) electrons. The number of H-pyrrole nitrogens is 1. The molecule has 0 bridgehead atoms. The molecular weight excluding hydrogens is 184 g/mol. The highest BCUT2D eigenvalue weighted by atomic mass is 16.4. The zero-order chi connectivity index (χ0) is 10.3. The lowest BCUT2D eigenvalue weighted by atomic mass is 10.3. The minimum Gasteiger partial charge on any atom is -0.480 e. The van der Waals surface area contributed by atoms with Gasteiger partial charge in [-0.25, -0.2) is 9.59 Å². The molecule has 0 aromatic carbocycles. The summed E-state index contributed by atoms with van der Waals surface area (Å²) >= 11 is 0. The maximum Gasteiger partial charge on any atom is 0.326 e. The monoisotopic (exact) mass is 196 g/mol. The fourth-order valence-electron chi connectivity index (χ4n) is 1.44. The van der Waals surface area contributed by atoms with Gasteiger partial charge >= 0.3 is 11.7 Å². The number of aromatic nitrogens is 2. The van der Waals surface area contributed by atoms with Crippen molar-refractivity contribution in [2.24, 2.45) is 0 Å². The number of nitrogens with zero attached hydrogens (tertiary/aromatic N) is 1. The second-order valence-electron chi connectivity index (χ2n) is 3.71. The Kier molecular flexibility index (Phi) is 1.94. The van der Waals surface area contributed by atoms with Crippen molar-refractivity contribution >= 4 is 5.97 Å². The van der Waals surface area contributed by atoms with Gasteiger partial charge in [0.2, 0.25) is 0 Å². The fraction of sp³-hybridized carbons (Fsp3) is 0.556. The van der Waals surface area contributed by atoms with Crippen molar-refractivity contribution in [2.45, 2.75) is 31.7 Å². The van der Waals surface area contributed by atoms with Crippen LogP contribution in [0, 0.1) is 0 Å². The van der Waals surface area contributed by atoms with Crippen molar-refractivity contribution in [3.05, 3.63) is 22.4 Å². The number of rotatable bonds is 3. The predicted molar refractivity (Wildman–Crippen MR) is 49.4 cm³/mol. The van der Waals surface area contributed by atoms with E-state index < -0.39 is 12.0 Å². The molecule has 1 heterocycles. The topological polar surface area (TPSA) is 75.1 Å². The molecule has 0 saturated heterocycles. The SMILES string of the molecule is C[C@@H](C(=O)O)n1cc(C2CC2)[nH]c1=O. The molecule has 2 N–H and O–H groups in total. The van der Waals surface area contributed by atoms with Crippen LogP contribution in [0.5, 0.6) is 0 Å². The van der Waals surface area contributed by atoms with Gasteiger partial charge in [-0.05, 0) is 19.8 Å². The second-order valence-corrected chi connectivity index (χ2v) is 3.71. The van der Waals surface area contributed by atoms with Crippen molar-refractivity contribution < 1.29 is 9.90 Å². The smallest absolute Gasteiger partial charge is 0.326 e. The van der Waals surface area contributed by atoms with Crippen molar-refractivity contribution in [2.75, 3.05) is 0 Å². The van der Waals surface area contributed by atoms with Gasteiger partial charge < -0.3 is 10.1 Å². The van der Waals surface area contributed by atoms with Gasteiger partial charge in [-0.3, -0.25) is 4.57 Å². The number of hydrogen-bond acceptors (Lipinski definition) is 2. The van der Waals surface area contributed by atoms with Crippen molar-refractivity contribution in [3.8, 4) is 0 Å². The molecule has 0 aliphatic heterocycles. The van der Waals surface area contributed by atoms with Crippen molar-refractivity contribution in [1.29, 1.82) is 0 Å². The lowest BCUT2D eigenvalue weighted by Gasteiger charge is -2.04. The Hall–Kier alpha value is -1.52. The molecule has 5 heteroatoms. The lowest BCUT2D eigenvalue weighted by Crippen LogP contribution is -2.25. The molecule has 0 unspecified atom stereocenters. The summed E-state index contributed by atoms with van der Waals surface area (Å²) in [5, 5.41) is 8.75. The van der Waals surface area contributed by atoms with Crippen LogP contribution < -0.4 is 5.69 Å². The maximum absolute atomic E-state index is 11.4. The van der Waals surface area contributed by atoms with Gasteiger partial charge in [0.1, 0.15) is 6.04 Å². The molecule has 1 aromatic heterocycles. The number of aromatic amines is 1. The van der Waals surface area contributed by atoms with Gasteiger partial charge in [-0.1, -0.05) is 0 Å². The number of carbonyl (C=O) groups is 1. The zero-order valence-electron chi connectivity index (χ0n) is 7.86. The molecule has 1 aliphatic rings. The third kappa shape index (κ3) is 1.45. The van der Waals surface area contributed by atoms with Gasteiger partial charge in [-0.15, -0.1) is 0 Å². The van der Waals surface area contributed by atoms with Gasteiger partial charge in [-0.2, -0.15) is 0 Å². The molecule has 0 amide bonds. The summed E-state index contributed by atoms with van der Waals surface area (Å²) in [6.07, 6.45) is 3.79. The second kappa shape index (κ2) is 3.01. The Morgan fingerprint density at radius 1 is 1.71 bits per heavy atom. The van der Waals surface area contributed by atoms with Crippen LogP contribution in [0.4, 0.5) is 0 Å². The first-order valence-corrected chi connectivity index (χ1v) is 4.63. The van der Waals surface area contributed by atoms with Crippen molar-refractivity contribution in [1.82, 2.24) is 9.55 Å². The van der Waals surface area contributed by atoms with E-state index in [1.165, 1.54) is 11.5 Å². The van der Waals surface area contributed by atoms with E-state index in [4.69, 9.17) is 5.11 Å². The van der Waals surface area contributed by atoms with E-state index in [9.17, 15) is 9.59 Å². The third-order valence-electron chi connectivity index (χ3n) is 2.56. The molecule has 0 spiro atoms. The highest BCUT2D eigenvalue weighted by Gasteiger charge is 2.27. The van der Waals surface area contributed by atoms with Crippen LogP contribution in [0.1, 0.15) is 37.4 Å². The highest BCUT2D eigenvalue weighted by Crippen LogP contribution is 2.38. The standard InChI is InChI=1S/C9H12N2O3/c1-5(8(12)13)11-4-7(6-2-3-6)10-9(11)14/h4-6H,2-3H2,1H3,(H,10,14)(H,12,13)/t5-/m0/s1. The third-order valence-corrected chi connectivity index (χ3v) is 2.56. The highest BCUT2D eigenvalue weighted by molar-refractivity contribution is 5.71. The summed E-state index contributed by atoms with van der Waals surface area (Å²) in [5.74, 6) is -0.557. The first kappa shape index (κ1) is 9.05. The first-order valence-electron chi connectivity index (χ1n) is 4.63. The van der Waals surface area contributed by atoms with E-state index in [1.54, 1.807) is 6.20 Å². The molecule has 1 atom stereocenters. The maximum atomic E-state index is 11.4. The fourth-order valence-corrected chi connectivity index (χ4v) is 1.44. The number of imidazole rings is 1. The summed E-state index contributed by atoms with van der Waals surface area (Å²) in [6.45, 7) is 1.49. The van der Waals surface area contributed by atoms with E-state index in [2.05, 4.69) is 4.98 Å². The summed E-state index contributed by atoms with van der Waals surface area (Å²) in [4.78, 5) is 24.7. The molecule has 1 aromatic rings. The van der Waals surface area contributed by atoms with Gasteiger partial charge in [0.15, 0.2) is 0 Å². The number of hydrogen-bond donors (Lipinski definition) is 2. The minimum atomic E-state index is -0.992. The molecule has 1 aliphatic carbocycles. The normalized spacial score (nSPS) is 18.1. The predicted octanol–water partition coefficient (Wildman–Crippen LogP) is 0.699. The summed E-state index contributed by atoms with van der Waals surface area (Å²) in [7, 11) is 0. The molecular formula is C9H12N2O3. The van der Waals surface area contributed by atoms with E-state index in [-0.39, 0.29) is 5.69 Å². The molecule has 1 fully saturated rings. The molecule has 76 valence electrons. The quantitative estimate of drug-likeness (QED) is 0.747. The lowest BCUT2D eigenvalue weighted by molar-refractivity contribution is -0.140. The molecule has 14 heavy (non-hydrogen) atoms. The average Bonchev–Trinajstić information content (AvgIpc) is 2.89. The van der Waals surface area contributed by atoms with E-state index in [0.717, 1.165) is 18.5 Å². The molecule has 2 rings (SSSR count). The molecule has 5 nitrogen and oxygen atoms in total. The van der Waals surface area contributed by atoms with E-state index in [0.29, 0.717) is 5.92 Å². The van der Waals surface area contributed by atoms with Crippen LogP contribution in [0.3, 0.4) is 0 Å². The van der Waals surface area contributed by atoms with E-state index in [1.807, 2.05) is 0 Å².